The van der Waals surface area contributed by atoms with Crippen molar-refractivity contribution in [1.82, 2.24) is 19.8 Å². The lowest BCUT2D eigenvalue weighted by atomic mass is 9.90. The molecule has 1 aromatic carbocycles. The first-order chi connectivity index (χ1) is 13.7. The highest BCUT2D eigenvalue weighted by Gasteiger charge is 2.23. The zero-order valence-corrected chi connectivity index (χ0v) is 17.2. The van der Waals surface area contributed by atoms with Crippen LogP contribution in [0.3, 0.4) is 0 Å². The van der Waals surface area contributed by atoms with Gasteiger partial charge < -0.3 is 10.7 Å². The van der Waals surface area contributed by atoms with Gasteiger partial charge in [-0.2, -0.15) is 0 Å². The second kappa shape index (κ2) is 8.79. The topological polar surface area (TPSA) is 77.0 Å². The normalized spacial score (nSPS) is 15.1. The first-order valence-electron chi connectivity index (χ1n) is 9.39. The number of carbonyl (C=O) groups is 1. The average Bonchev–Trinajstić information content (AvgIpc) is 3.37. The summed E-state index contributed by atoms with van der Waals surface area (Å²) in [6, 6.07) is 14.5. The number of thioether (sulfide) groups is 1. The van der Waals surface area contributed by atoms with Crippen molar-refractivity contribution in [1.29, 1.82) is 0 Å². The molecule has 0 radical (unpaired) electrons. The second-order valence-electron chi connectivity index (χ2n) is 6.96. The van der Waals surface area contributed by atoms with Crippen LogP contribution < -0.4 is 5.84 Å². The van der Waals surface area contributed by atoms with Crippen LogP contribution in [0.15, 0.2) is 53.0 Å². The Morgan fingerprint density at radius 2 is 1.93 bits per heavy atom. The number of benzene rings is 1. The summed E-state index contributed by atoms with van der Waals surface area (Å²) in [5.41, 5.74) is 1.38. The van der Waals surface area contributed by atoms with E-state index in [-0.39, 0.29) is 5.91 Å². The Hall–Kier alpha value is -2.32. The van der Waals surface area contributed by atoms with Gasteiger partial charge in [-0.1, -0.05) is 48.2 Å². The van der Waals surface area contributed by atoms with Crippen molar-refractivity contribution in [2.45, 2.75) is 24.4 Å². The zero-order chi connectivity index (χ0) is 19.3. The van der Waals surface area contributed by atoms with E-state index >= 15 is 0 Å². The molecule has 8 heteroatoms. The third-order valence-electron chi connectivity index (χ3n) is 5.07. The van der Waals surface area contributed by atoms with Crippen LogP contribution in [0.1, 0.15) is 18.4 Å². The van der Waals surface area contributed by atoms with E-state index in [9.17, 15) is 4.79 Å². The molecule has 0 atom stereocenters. The number of nitrogens with two attached hydrogens (primary N) is 1. The molecule has 1 saturated heterocycles. The highest BCUT2D eigenvalue weighted by atomic mass is 32.2. The third-order valence-corrected chi connectivity index (χ3v) is 6.86. The van der Waals surface area contributed by atoms with E-state index in [2.05, 4.69) is 34.5 Å². The smallest absolute Gasteiger partial charge is 0.233 e. The molecular formula is C20H23N5OS2. The summed E-state index contributed by atoms with van der Waals surface area (Å²) in [6.45, 7) is 1.65. The molecule has 0 unspecified atom stereocenters. The highest BCUT2D eigenvalue weighted by Crippen LogP contribution is 2.26. The maximum atomic E-state index is 12.6. The van der Waals surface area contributed by atoms with E-state index in [1.165, 1.54) is 22.0 Å². The monoisotopic (exact) mass is 413 g/mol. The minimum atomic E-state index is 0.142. The second-order valence-corrected chi connectivity index (χ2v) is 8.85. The lowest BCUT2D eigenvalue weighted by Gasteiger charge is -2.32. The van der Waals surface area contributed by atoms with Gasteiger partial charge in [0.2, 0.25) is 11.1 Å². The first kappa shape index (κ1) is 19.0. The highest BCUT2D eigenvalue weighted by molar-refractivity contribution is 7.99. The standard InChI is InChI=1S/C20H23N5OS2/c21-25-19(17-7-4-12-27-17)22-23-20(25)28-14-18(26)24-10-8-16(9-11-24)13-15-5-2-1-3-6-15/h1-7,12,16H,8-11,13-14,21H2. The molecule has 6 nitrogen and oxygen atoms in total. The summed E-state index contributed by atoms with van der Waals surface area (Å²) in [4.78, 5) is 15.5. The van der Waals surface area contributed by atoms with Crippen LogP contribution in [0, 0.1) is 5.92 Å². The molecule has 3 aromatic rings. The van der Waals surface area contributed by atoms with Gasteiger partial charge in [0, 0.05) is 13.1 Å². The summed E-state index contributed by atoms with van der Waals surface area (Å²) >= 11 is 2.91. The lowest BCUT2D eigenvalue weighted by Crippen LogP contribution is -2.39. The van der Waals surface area contributed by atoms with Gasteiger partial charge in [-0.15, -0.1) is 21.5 Å². The maximum Gasteiger partial charge on any atom is 0.233 e. The average molecular weight is 414 g/mol. The number of nitrogens with zero attached hydrogens (tertiary/aromatic N) is 4. The molecule has 0 aliphatic carbocycles. The van der Waals surface area contributed by atoms with Gasteiger partial charge >= 0.3 is 0 Å². The fourth-order valence-electron chi connectivity index (χ4n) is 3.50. The van der Waals surface area contributed by atoms with Crippen molar-refractivity contribution in [3.8, 4) is 10.7 Å². The molecule has 146 valence electrons. The Bertz CT molecular complexity index is 902. The molecule has 28 heavy (non-hydrogen) atoms. The molecule has 3 heterocycles. The van der Waals surface area contributed by atoms with Gasteiger partial charge in [0.05, 0.1) is 10.6 Å². The van der Waals surface area contributed by atoms with Crippen LogP contribution >= 0.6 is 23.1 Å². The minimum absolute atomic E-state index is 0.142. The molecule has 1 fully saturated rings. The molecule has 1 amide bonds. The summed E-state index contributed by atoms with van der Waals surface area (Å²) < 4.78 is 1.47. The quantitative estimate of drug-likeness (QED) is 0.496. The Balaban J connectivity index is 1.26. The first-order valence-corrected chi connectivity index (χ1v) is 11.3. The summed E-state index contributed by atoms with van der Waals surface area (Å²) in [7, 11) is 0. The van der Waals surface area contributed by atoms with Crippen molar-refractivity contribution < 1.29 is 4.79 Å². The molecule has 1 aliphatic heterocycles. The summed E-state index contributed by atoms with van der Waals surface area (Å²) in [5.74, 6) is 7.87. The van der Waals surface area contributed by atoms with Gasteiger partial charge in [0.15, 0.2) is 5.82 Å². The van der Waals surface area contributed by atoms with Gasteiger partial charge in [-0.05, 0) is 42.2 Å². The SMILES string of the molecule is Nn1c(SCC(=O)N2CCC(Cc3ccccc3)CC2)nnc1-c1cccs1. The molecule has 0 saturated carbocycles. The molecule has 0 spiro atoms. The number of piperidine rings is 1. The van der Waals surface area contributed by atoms with Gasteiger partial charge in [-0.3, -0.25) is 4.79 Å². The predicted octanol–water partition coefficient (Wildman–Crippen LogP) is 3.29. The molecule has 1 aliphatic rings. The largest absolute Gasteiger partial charge is 0.342 e. The van der Waals surface area contributed by atoms with E-state index in [0.717, 1.165) is 37.2 Å². The molecule has 2 N–H and O–H groups in total. The number of hydrogen-bond acceptors (Lipinski definition) is 6. The minimum Gasteiger partial charge on any atom is -0.342 e. The summed E-state index contributed by atoms with van der Waals surface area (Å²) in [5, 5.41) is 10.8. The van der Waals surface area contributed by atoms with Crippen LogP contribution in [0.4, 0.5) is 0 Å². The van der Waals surface area contributed by atoms with Gasteiger partial charge in [-0.25, -0.2) is 4.68 Å². The van der Waals surface area contributed by atoms with E-state index in [0.29, 0.717) is 22.7 Å². The van der Waals surface area contributed by atoms with Crippen molar-refractivity contribution >= 4 is 29.0 Å². The van der Waals surface area contributed by atoms with Crippen molar-refractivity contribution in [2.75, 3.05) is 24.7 Å². The number of thiophene rings is 1. The summed E-state index contributed by atoms with van der Waals surface area (Å²) in [6.07, 6.45) is 3.21. The van der Waals surface area contributed by atoms with Crippen LogP contribution in [0.5, 0.6) is 0 Å². The van der Waals surface area contributed by atoms with E-state index in [4.69, 9.17) is 5.84 Å². The Morgan fingerprint density at radius 1 is 1.14 bits per heavy atom. The maximum absolute atomic E-state index is 12.6. The molecular weight excluding hydrogens is 390 g/mol. The number of likely N-dealkylation sites (tertiary alicyclic amines) is 1. The fraction of sp³-hybridized carbons (Fsp3) is 0.350. The van der Waals surface area contributed by atoms with E-state index in [1.54, 1.807) is 11.3 Å². The number of carbonyl (C=O) groups excluding carboxylic acids is 1. The number of amides is 1. The van der Waals surface area contributed by atoms with E-state index in [1.807, 2.05) is 28.5 Å². The van der Waals surface area contributed by atoms with Crippen LogP contribution in [-0.2, 0) is 11.2 Å². The molecule has 0 bridgehead atoms. The van der Waals surface area contributed by atoms with Crippen molar-refractivity contribution in [2.24, 2.45) is 5.92 Å². The third kappa shape index (κ3) is 4.39. The number of aromatic nitrogens is 3. The lowest BCUT2D eigenvalue weighted by molar-refractivity contribution is -0.129. The zero-order valence-electron chi connectivity index (χ0n) is 15.5. The number of nitrogen functional groups attached to an aromatic ring is 1. The van der Waals surface area contributed by atoms with Crippen molar-refractivity contribution in [3.63, 3.8) is 0 Å². The fourth-order valence-corrected chi connectivity index (χ4v) is 4.97. The van der Waals surface area contributed by atoms with Crippen molar-refractivity contribution in [3.05, 3.63) is 53.4 Å². The van der Waals surface area contributed by atoms with Crippen LogP contribution in [0.25, 0.3) is 10.7 Å². The Morgan fingerprint density at radius 3 is 2.64 bits per heavy atom. The van der Waals surface area contributed by atoms with Crippen LogP contribution in [0.2, 0.25) is 0 Å². The molecule has 4 rings (SSSR count). The van der Waals surface area contributed by atoms with Gasteiger partial charge in [0.25, 0.3) is 0 Å². The Kier molecular flexibility index (Phi) is 5.97. The molecule has 2 aromatic heterocycles. The Labute approximate surface area is 172 Å². The number of rotatable bonds is 6. The van der Waals surface area contributed by atoms with Crippen LogP contribution in [-0.4, -0.2) is 44.5 Å². The predicted molar refractivity (Wildman–Crippen MR) is 114 cm³/mol. The number of hydrogen-bond donors (Lipinski definition) is 1. The van der Waals surface area contributed by atoms with E-state index < -0.39 is 0 Å². The van der Waals surface area contributed by atoms with Gasteiger partial charge in [0.1, 0.15) is 0 Å².